The molecule has 1 saturated heterocycles. The van der Waals surface area contributed by atoms with Crippen LogP contribution in [0, 0.1) is 0 Å². The number of Topliss-reactive ketones (excluding diaryl/α,β-unsaturated/α-hetero) is 1. The van der Waals surface area contributed by atoms with Crippen LogP contribution in [0.4, 0.5) is 0 Å². The van der Waals surface area contributed by atoms with Gasteiger partial charge in [0.1, 0.15) is 11.5 Å². The molecule has 8 nitrogen and oxygen atoms in total. The van der Waals surface area contributed by atoms with Crippen LogP contribution in [0.1, 0.15) is 41.5 Å². The standard InChI is InChI=1S/C23H25N5O3/c1-3-30-18-7-6-16-21(29)19(13-17-15-5-4-8-25-23(15)27-26-17)31-22(16)20(18)14(2)28-11-9-24-10-12-28/h4-8,13-14,24H,3,9-12H2,1-2H3,(H,25,26,27). The van der Waals surface area contributed by atoms with Crippen molar-refractivity contribution in [3.8, 4) is 11.5 Å². The molecule has 8 heteroatoms. The van der Waals surface area contributed by atoms with E-state index in [1.165, 1.54) is 0 Å². The van der Waals surface area contributed by atoms with Gasteiger partial charge in [-0.05, 0) is 38.1 Å². The molecule has 1 unspecified atom stereocenters. The number of piperazine rings is 1. The number of fused-ring (bicyclic) bond motifs is 2. The van der Waals surface area contributed by atoms with Crippen LogP contribution >= 0.6 is 0 Å². The minimum atomic E-state index is -0.146. The molecule has 0 spiro atoms. The van der Waals surface area contributed by atoms with E-state index in [9.17, 15) is 4.79 Å². The van der Waals surface area contributed by atoms with E-state index in [-0.39, 0.29) is 17.6 Å². The normalized spacial score (nSPS) is 18.9. The Kier molecular flexibility index (Phi) is 5.17. The molecular weight excluding hydrogens is 394 g/mol. The third-order valence-electron chi connectivity index (χ3n) is 5.89. The minimum absolute atomic E-state index is 0.0566. The maximum Gasteiger partial charge on any atom is 0.232 e. The van der Waals surface area contributed by atoms with Gasteiger partial charge in [0.15, 0.2) is 11.4 Å². The lowest BCUT2D eigenvalue weighted by molar-refractivity contribution is 0.101. The van der Waals surface area contributed by atoms with Gasteiger partial charge in [0.2, 0.25) is 5.78 Å². The summed E-state index contributed by atoms with van der Waals surface area (Å²) in [6.45, 7) is 8.39. The average Bonchev–Trinajstić information content (AvgIpc) is 3.35. The number of hydrogen-bond acceptors (Lipinski definition) is 7. The van der Waals surface area contributed by atoms with Gasteiger partial charge < -0.3 is 14.8 Å². The van der Waals surface area contributed by atoms with Gasteiger partial charge in [-0.2, -0.15) is 5.10 Å². The summed E-state index contributed by atoms with van der Waals surface area (Å²) in [6.07, 6.45) is 3.38. The molecule has 2 N–H and O–H groups in total. The van der Waals surface area contributed by atoms with Crippen molar-refractivity contribution in [1.82, 2.24) is 25.4 Å². The molecule has 0 aliphatic carbocycles. The molecule has 1 fully saturated rings. The first-order valence-corrected chi connectivity index (χ1v) is 10.6. The van der Waals surface area contributed by atoms with Gasteiger partial charge in [-0.15, -0.1) is 0 Å². The molecule has 1 aromatic carbocycles. The fraction of sp³-hybridized carbons (Fsp3) is 0.348. The largest absolute Gasteiger partial charge is 0.493 e. The zero-order chi connectivity index (χ0) is 21.4. The fourth-order valence-corrected chi connectivity index (χ4v) is 4.29. The van der Waals surface area contributed by atoms with Crippen molar-refractivity contribution in [3.63, 3.8) is 0 Å². The van der Waals surface area contributed by atoms with E-state index in [0.717, 1.165) is 42.9 Å². The number of ketones is 1. The summed E-state index contributed by atoms with van der Waals surface area (Å²) < 4.78 is 12.1. The average molecular weight is 419 g/mol. The monoisotopic (exact) mass is 419 g/mol. The number of carbonyl (C=O) groups is 1. The van der Waals surface area contributed by atoms with Crippen molar-refractivity contribution in [3.05, 3.63) is 53.0 Å². The van der Waals surface area contributed by atoms with Crippen molar-refractivity contribution in [2.45, 2.75) is 19.9 Å². The highest BCUT2D eigenvalue weighted by atomic mass is 16.5. The molecule has 0 saturated carbocycles. The second-order valence-electron chi connectivity index (χ2n) is 7.70. The van der Waals surface area contributed by atoms with Crippen molar-refractivity contribution < 1.29 is 14.3 Å². The fourth-order valence-electron chi connectivity index (χ4n) is 4.29. The summed E-state index contributed by atoms with van der Waals surface area (Å²) in [4.78, 5) is 19.8. The topological polar surface area (TPSA) is 92.4 Å². The molecule has 3 aromatic rings. The van der Waals surface area contributed by atoms with Crippen LogP contribution in [0.5, 0.6) is 11.5 Å². The summed E-state index contributed by atoms with van der Waals surface area (Å²) in [5, 5.41) is 11.4. The molecule has 4 heterocycles. The van der Waals surface area contributed by atoms with Gasteiger partial charge in [0.25, 0.3) is 0 Å². The summed E-state index contributed by atoms with van der Waals surface area (Å²) in [5.41, 5.74) is 2.78. The van der Waals surface area contributed by atoms with E-state index in [1.54, 1.807) is 18.3 Å². The molecule has 2 aliphatic rings. The molecule has 0 bridgehead atoms. The first kappa shape index (κ1) is 19.7. The van der Waals surface area contributed by atoms with E-state index in [4.69, 9.17) is 9.47 Å². The van der Waals surface area contributed by atoms with Gasteiger partial charge in [-0.25, -0.2) is 4.98 Å². The van der Waals surface area contributed by atoms with Crippen molar-refractivity contribution in [2.75, 3.05) is 32.8 Å². The minimum Gasteiger partial charge on any atom is -0.493 e. The van der Waals surface area contributed by atoms with Crippen molar-refractivity contribution in [2.24, 2.45) is 0 Å². The van der Waals surface area contributed by atoms with Crippen molar-refractivity contribution >= 4 is 22.9 Å². The lowest BCUT2D eigenvalue weighted by Gasteiger charge is -2.34. The van der Waals surface area contributed by atoms with Crippen LogP contribution in [-0.4, -0.2) is 58.7 Å². The second kappa shape index (κ2) is 8.13. The number of nitrogens with zero attached hydrogens (tertiary/aromatic N) is 3. The Bertz CT molecular complexity index is 1160. The SMILES string of the molecule is CCOc1ccc2c(c1C(C)N1CCNCC1)OC(=Cc1n[nH]c3ncccc13)C2=O. The maximum atomic E-state index is 13.2. The first-order valence-electron chi connectivity index (χ1n) is 10.6. The van der Waals surface area contributed by atoms with Crippen LogP contribution in [0.25, 0.3) is 17.1 Å². The van der Waals surface area contributed by atoms with E-state index in [0.29, 0.717) is 29.3 Å². The van der Waals surface area contributed by atoms with E-state index < -0.39 is 0 Å². The second-order valence-corrected chi connectivity index (χ2v) is 7.70. The van der Waals surface area contributed by atoms with Gasteiger partial charge in [-0.1, -0.05) is 0 Å². The molecular formula is C23H25N5O3. The summed E-state index contributed by atoms with van der Waals surface area (Å²) in [7, 11) is 0. The van der Waals surface area contributed by atoms with Crippen LogP contribution in [0.15, 0.2) is 36.2 Å². The lowest BCUT2D eigenvalue weighted by Crippen LogP contribution is -2.44. The molecule has 1 atom stereocenters. The van der Waals surface area contributed by atoms with Crippen LogP contribution in [0.2, 0.25) is 0 Å². The van der Waals surface area contributed by atoms with Gasteiger partial charge in [0.05, 0.1) is 23.4 Å². The number of allylic oxidation sites excluding steroid dienone is 1. The van der Waals surface area contributed by atoms with Crippen LogP contribution in [0.3, 0.4) is 0 Å². The third-order valence-corrected chi connectivity index (χ3v) is 5.89. The number of aromatic nitrogens is 3. The summed E-state index contributed by atoms with van der Waals surface area (Å²) in [5.74, 6) is 1.46. The van der Waals surface area contributed by atoms with Crippen molar-refractivity contribution in [1.29, 1.82) is 0 Å². The molecule has 0 amide bonds. The Morgan fingerprint density at radius 1 is 1.29 bits per heavy atom. The number of rotatable bonds is 5. The number of hydrogen-bond donors (Lipinski definition) is 2. The van der Waals surface area contributed by atoms with E-state index >= 15 is 0 Å². The van der Waals surface area contributed by atoms with Crippen LogP contribution in [-0.2, 0) is 0 Å². The Morgan fingerprint density at radius 3 is 2.94 bits per heavy atom. The predicted octanol–water partition coefficient (Wildman–Crippen LogP) is 2.94. The number of ether oxygens (including phenoxy) is 2. The number of aromatic amines is 1. The molecule has 2 aliphatic heterocycles. The Labute approximate surface area is 180 Å². The Hall–Kier alpha value is -3.23. The number of H-pyrrole nitrogens is 1. The van der Waals surface area contributed by atoms with Gasteiger partial charge >= 0.3 is 0 Å². The number of nitrogens with one attached hydrogen (secondary N) is 2. The van der Waals surface area contributed by atoms with E-state index in [2.05, 4.69) is 32.3 Å². The third kappa shape index (κ3) is 3.47. The molecule has 0 radical (unpaired) electrons. The molecule has 160 valence electrons. The smallest absolute Gasteiger partial charge is 0.232 e. The van der Waals surface area contributed by atoms with Gasteiger partial charge in [-0.3, -0.25) is 14.8 Å². The predicted molar refractivity (Wildman–Crippen MR) is 117 cm³/mol. The zero-order valence-corrected chi connectivity index (χ0v) is 17.6. The molecule has 31 heavy (non-hydrogen) atoms. The Morgan fingerprint density at radius 2 is 2.13 bits per heavy atom. The number of pyridine rings is 1. The highest BCUT2D eigenvalue weighted by molar-refractivity contribution is 6.15. The highest BCUT2D eigenvalue weighted by Crippen LogP contribution is 2.44. The number of carbonyl (C=O) groups excluding carboxylic acids is 1. The Balaban J connectivity index is 1.55. The maximum absolute atomic E-state index is 13.2. The van der Waals surface area contributed by atoms with Gasteiger partial charge in [0, 0.05) is 49.9 Å². The summed E-state index contributed by atoms with van der Waals surface area (Å²) >= 11 is 0. The molecule has 2 aromatic heterocycles. The highest BCUT2D eigenvalue weighted by Gasteiger charge is 2.35. The lowest BCUT2D eigenvalue weighted by atomic mass is 9.99. The number of benzene rings is 1. The first-order chi connectivity index (χ1) is 15.2. The zero-order valence-electron chi connectivity index (χ0n) is 17.6. The quantitative estimate of drug-likeness (QED) is 0.614. The summed E-state index contributed by atoms with van der Waals surface area (Å²) in [6, 6.07) is 7.49. The molecule has 5 rings (SSSR count). The van der Waals surface area contributed by atoms with Crippen LogP contribution < -0.4 is 14.8 Å². The van der Waals surface area contributed by atoms with E-state index in [1.807, 2.05) is 25.1 Å².